The summed E-state index contributed by atoms with van der Waals surface area (Å²) < 4.78 is 6.79. The van der Waals surface area contributed by atoms with Gasteiger partial charge in [0, 0.05) is 11.8 Å². The molecule has 0 atom stereocenters. The summed E-state index contributed by atoms with van der Waals surface area (Å²) in [6.45, 7) is 4.69. The van der Waals surface area contributed by atoms with Gasteiger partial charge >= 0.3 is 0 Å². The highest BCUT2D eigenvalue weighted by molar-refractivity contribution is 5.21. The van der Waals surface area contributed by atoms with Crippen LogP contribution in [0.2, 0.25) is 0 Å². The SMILES string of the molecule is CCOc1nn(CC#N)cc1C. The smallest absolute Gasteiger partial charge is 0.235 e. The Bertz CT molecular complexity index is 298. The highest BCUT2D eigenvalue weighted by Crippen LogP contribution is 2.13. The standard InChI is InChI=1S/C8H11N3O/c1-3-12-8-7(2)6-11(10-8)5-4-9/h6H,3,5H2,1-2H3. The lowest BCUT2D eigenvalue weighted by molar-refractivity contribution is 0.320. The van der Waals surface area contributed by atoms with Crippen molar-refractivity contribution in [2.45, 2.75) is 20.4 Å². The van der Waals surface area contributed by atoms with Crippen LogP contribution in [0.4, 0.5) is 0 Å². The number of nitrogens with zero attached hydrogens (tertiary/aromatic N) is 3. The van der Waals surface area contributed by atoms with E-state index in [0.29, 0.717) is 12.5 Å². The van der Waals surface area contributed by atoms with Gasteiger partial charge in [0.05, 0.1) is 12.7 Å². The van der Waals surface area contributed by atoms with Gasteiger partial charge in [-0.15, -0.1) is 5.10 Å². The van der Waals surface area contributed by atoms with Gasteiger partial charge in [-0.1, -0.05) is 0 Å². The van der Waals surface area contributed by atoms with Crippen LogP contribution in [0.1, 0.15) is 12.5 Å². The Morgan fingerprint density at radius 2 is 2.50 bits per heavy atom. The van der Waals surface area contributed by atoms with Crippen molar-refractivity contribution in [3.8, 4) is 11.9 Å². The fourth-order valence-corrected chi connectivity index (χ4v) is 0.936. The van der Waals surface area contributed by atoms with E-state index in [2.05, 4.69) is 5.10 Å². The van der Waals surface area contributed by atoms with Gasteiger partial charge in [-0.2, -0.15) is 5.26 Å². The molecule has 0 radical (unpaired) electrons. The number of ether oxygens (including phenoxy) is 1. The summed E-state index contributed by atoms with van der Waals surface area (Å²) in [4.78, 5) is 0. The third kappa shape index (κ3) is 1.76. The third-order valence-corrected chi connectivity index (χ3v) is 1.41. The molecule has 64 valence electrons. The molecule has 0 bridgehead atoms. The maximum atomic E-state index is 8.40. The molecule has 0 aliphatic heterocycles. The van der Waals surface area contributed by atoms with Crippen LogP contribution in [0, 0.1) is 18.3 Å². The van der Waals surface area contributed by atoms with Crippen LogP contribution < -0.4 is 4.74 Å². The van der Waals surface area contributed by atoms with Gasteiger partial charge in [0.1, 0.15) is 6.54 Å². The van der Waals surface area contributed by atoms with Crippen LogP contribution in [0.15, 0.2) is 6.20 Å². The van der Waals surface area contributed by atoms with Crippen LogP contribution in [-0.2, 0) is 6.54 Å². The van der Waals surface area contributed by atoms with E-state index in [1.165, 1.54) is 0 Å². The molecule has 4 heteroatoms. The monoisotopic (exact) mass is 165 g/mol. The fourth-order valence-electron chi connectivity index (χ4n) is 0.936. The molecule has 0 aliphatic rings. The van der Waals surface area contributed by atoms with Crippen molar-refractivity contribution in [2.24, 2.45) is 0 Å². The van der Waals surface area contributed by atoms with Gasteiger partial charge in [0.15, 0.2) is 0 Å². The number of aryl methyl sites for hydroxylation is 1. The minimum atomic E-state index is 0.272. The molecule has 0 saturated heterocycles. The Morgan fingerprint density at radius 1 is 1.75 bits per heavy atom. The Morgan fingerprint density at radius 3 is 3.08 bits per heavy atom. The Kier molecular flexibility index (Phi) is 2.70. The number of nitriles is 1. The maximum absolute atomic E-state index is 8.40. The molecule has 0 aromatic carbocycles. The number of rotatable bonds is 3. The quantitative estimate of drug-likeness (QED) is 0.674. The molecule has 1 rings (SSSR count). The Hall–Kier alpha value is -1.50. The molecule has 0 unspecified atom stereocenters. The van der Waals surface area contributed by atoms with E-state index in [4.69, 9.17) is 10.00 Å². The van der Waals surface area contributed by atoms with E-state index in [9.17, 15) is 0 Å². The molecule has 1 aromatic rings. The summed E-state index contributed by atoms with van der Waals surface area (Å²) >= 11 is 0. The zero-order valence-electron chi connectivity index (χ0n) is 7.24. The topological polar surface area (TPSA) is 50.8 Å². The normalized spacial score (nSPS) is 9.42. The molecule has 1 heterocycles. The molecule has 1 aromatic heterocycles. The van der Waals surface area contributed by atoms with Crippen LogP contribution in [0.25, 0.3) is 0 Å². The zero-order chi connectivity index (χ0) is 8.97. The largest absolute Gasteiger partial charge is 0.477 e. The molecule has 4 nitrogen and oxygen atoms in total. The van der Waals surface area contributed by atoms with E-state index in [1.807, 2.05) is 19.9 Å². The van der Waals surface area contributed by atoms with Crippen molar-refractivity contribution < 1.29 is 4.74 Å². The Labute approximate surface area is 71.4 Å². The lowest BCUT2D eigenvalue weighted by atomic mass is 10.4. The van der Waals surface area contributed by atoms with Crippen LogP contribution in [-0.4, -0.2) is 16.4 Å². The van der Waals surface area contributed by atoms with Gasteiger partial charge in [-0.05, 0) is 13.8 Å². The lowest BCUT2D eigenvalue weighted by Gasteiger charge is -1.96. The summed E-state index contributed by atoms with van der Waals surface area (Å²) in [5, 5.41) is 12.5. The summed E-state index contributed by atoms with van der Waals surface area (Å²) in [5.41, 5.74) is 0.965. The minimum absolute atomic E-state index is 0.272. The van der Waals surface area contributed by atoms with Crippen molar-refractivity contribution >= 4 is 0 Å². The van der Waals surface area contributed by atoms with Gasteiger partial charge in [0.25, 0.3) is 0 Å². The minimum Gasteiger partial charge on any atom is -0.477 e. The first-order valence-corrected chi connectivity index (χ1v) is 3.81. The first-order valence-electron chi connectivity index (χ1n) is 3.81. The predicted octanol–water partition coefficient (Wildman–Crippen LogP) is 1.11. The van der Waals surface area contributed by atoms with Crippen LogP contribution in [0.5, 0.6) is 5.88 Å². The second kappa shape index (κ2) is 3.77. The molecule has 0 aliphatic carbocycles. The number of aromatic nitrogens is 2. The van der Waals surface area contributed by atoms with Gasteiger partial charge in [-0.25, -0.2) is 0 Å². The average molecular weight is 165 g/mol. The van der Waals surface area contributed by atoms with Crippen molar-refractivity contribution in [1.82, 2.24) is 9.78 Å². The predicted molar refractivity (Wildman–Crippen MR) is 43.7 cm³/mol. The summed E-state index contributed by atoms with van der Waals surface area (Å²) in [5.74, 6) is 0.618. The number of hydrogen-bond acceptors (Lipinski definition) is 3. The molecule has 0 fully saturated rings. The van der Waals surface area contributed by atoms with Gasteiger partial charge < -0.3 is 4.74 Å². The summed E-state index contributed by atoms with van der Waals surface area (Å²) in [6, 6.07) is 2.01. The average Bonchev–Trinajstić information content (AvgIpc) is 2.34. The van der Waals surface area contributed by atoms with Crippen molar-refractivity contribution in [1.29, 1.82) is 5.26 Å². The first kappa shape index (κ1) is 8.60. The molecule has 0 saturated carbocycles. The first-order chi connectivity index (χ1) is 5.77. The second-order valence-electron chi connectivity index (χ2n) is 2.41. The van der Waals surface area contributed by atoms with E-state index in [1.54, 1.807) is 10.9 Å². The molecule has 0 N–H and O–H groups in total. The van der Waals surface area contributed by atoms with Crippen molar-refractivity contribution in [3.05, 3.63) is 11.8 Å². The number of hydrogen-bond donors (Lipinski definition) is 0. The van der Waals surface area contributed by atoms with Crippen molar-refractivity contribution in [2.75, 3.05) is 6.61 Å². The fraction of sp³-hybridized carbons (Fsp3) is 0.500. The molecule has 12 heavy (non-hydrogen) atoms. The van der Waals surface area contributed by atoms with E-state index in [0.717, 1.165) is 5.56 Å². The van der Waals surface area contributed by atoms with Crippen LogP contribution >= 0.6 is 0 Å². The van der Waals surface area contributed by atoms with E-state index in [-0.39, 0.29) is 6.54 Å². The van der Waals surface area contributed by atoms with Crippen LogP contribution in [0.3, 0.4) is 0 Å². The van der Waals surface area contributed by atoms with Gasteiger partial charge in [-0.3, -0.25) is 4.68 Å². The third-order valence-electron chi connectivity index (χ3n) is 1.41. The summed E-state index contributed by atoms with van der Waals surface area (Å²) in [7, 11) is 0. The molecular formula is C8H11N3O. The Balaban J connectivity index is 2.79. The molecule has 0 amide bonds. The van der Waals surface area contributed by atoms with E-state index < -0.39 is 0 Å². The maximum Gasteiger partial charge on any atom is 0.235 e. The summed E-state index contributed by atoms with van der Waals surface area (Å²) in [6.07, 6.45) is 1.80. The van der Waals surface area contributed by atoms with Gasteiger partial charge in [0.2, 0.25) is 5.88 Å². The zero-order valence-corrected chi connectivity index (χ0v) is 7.24. The van der Waals surface area contributed by atoms with Crippen molar-refractivity contribution in [3.63, 3.8) is 0 Å². The highest BCUT2D eigenvalue weighted by atomic mass is 16.5. The second-order valence-corrected chi connectivity index (χ2v) is 2.41. The molecular weight excluding hydrogens is 154 g/mol. The highest BCUT2D eigenvalue weighted by Gasteiger charge is 2.03. The lowest BCUT2D eigenvalue weighted by Crippen LogP contribution is -1.97. The van der Waals surface area contributed by atoms with E-state index >= 15 is 0 Å². The molecule has 0 spiro atoms.